The zero-order chi connectivity index (χ0) is 18.8. The van der Waals surface area contributed by atoms with E-state index in [0.717, 1.165) is 0 Å². The summed E-state index contributed by atoms with van der Waals surface area (Å²) in [5.74, 6) is -1.47. The zero-order valence-electron chi connectivity index (χ0n) is 16.4. The highest BCUT2D eigenvalue weighted by Gasteiger charge is 2.23. The van der Waals surface area contributed by atoms with Gasteiger partial charge in [-0.1, -0.05) is 57.2 Å². The lowest BCUT2D eigenvalue weighted by Gasteiger charge is -2.27. The largest absolute Gasteiger partial charge is 0.491 e. The lowest BCUT2D eigenvalue weighted by Crippen LogP contribution is -2.24. The quantitative estimate of drug-likeness (QED) is 0.327. The van der Waals surface area contributed by atoms with Gasteiger partial charge in [-0.2, -0.15) is 8.78 Å². The van der Waals surface area contributed by atoms with Crippen molar-refractivity contribution >= 4 is 8.80 Å². The van der Waals surface area contributed by atoms with Gasteiger partial charge in [0.05, 0.1) is 13.2 Å². The Kier molecular flexibility index (Phi) is 9.44. The maximum Gasteiger partial charge on any atom is 0.204 e. The van der Waals surface area contributed by atoms with Gasteiger partial charge in [0.25, 0.3) is 0 Å². The van der Waals surface area contributed by atoms with Crippen LogP contribution in [0.5, 0.6) is 11.5 Å². The molecule has 0 spiro atoms. The predicted molar refractivity (Wildman–Crippen MR) is 106 cm³/mol. The Labute approximate surface area is 158 Å². The highest BCUT2D eigenvalue weighted by Crippen LogP contribution is 2.31. The molecule has 2 nitrogen and oxygen atoms in total. The standard InChI is InChI=1S/C21H34F2O2Si/c1-3-5-6-7-8-13-26-14-11-17(12-15-26)16-25-19-10-9-18(24-4-2)20(22)21(19)23/h9-10,17,26H,3-8,11-16H2,1-2H3. The van der Waals surface area contributed by atoms with E-state index in [9.17, 15) is 8.78 Å². The molecule has 1 aromatic rings. The lowest BCUT2D eigenvalue weighted by atomic mass is 10.0. The van der Waals surface area contributed by atoms with Crippen LogP contribution in [0.25, 0.3) is 0 Å². The smallest absolute Gasteiger partial charge is 0.204 e. The Morgan fingerprint density at radius 2 is 1.54 bits per heavy atom. The topological polar surface area (TPSA) is 18.5 Å². The number of hydrogen-bond acceptors (Lipinski definition) is 2. The molecular formula is C21H34F2O2Si. The van der Waals surface area contributed by atoms with Crippen molar-refractivity contribution in [2.75, 3.05) is 13.2 Å². The van der Waals surface area contributed by atoms with E-state index in [0.29, 0.717) is 19.1 Å². The molecule has 0 unspecified atom stereocenters. The Morgan fingerprint density at radius 1 is 0.923 bits per heavy atom. The molecule has 0 radical (unpaired) electrons. The average molecular weight is 385 g/mol. The molecule has 2 rings (SSSR count). The van der Waals surface area contributed by atoms with E-state index < -0.39 is 20.4 Å². The normalized spacial score (nSPS) is 20.2. The number of rotatable bonds is 11. The van der Waals surface area contributed by atoms with Gasteiger partial charge in [0.2, 0.25) is 11.6 Å². The molecule has 148 valence electrons. The van der Waals surface area contributed by atoms with Crippen molar-refractivity contribution in [1.82, 2.24) is 0 Å². The van der Waals surface area contributed by atoms with Crippen LogP contribution in [0.3, 0.4) is 0 Å². The molecule has 1 aliphatic rings. The molecule has 1 heterocycles. The maximum absolute atomic E-state index is 14.1. The predicted octanol–water partition coefficient (Wildman–Crippen LogP) is 6.35. The lowest BCUT2D eigenvalue weighted by molar-refractivity contribution is 0.222. The molecule has 1 aliphatic heterocycles. The van der Waals surface area contributed by atoms with Crippen LogP contribution in [-0.2, 0) is 0 Å². The summed E-state index contributed by atoms with van der Waals surface area (Å²) in [7, 11) is -0.554. The Bertz CT molecular complexity index is 531. The Morgan fingerprint density at radius 3 is 2.15 bits per heavy atom. The Hall–Kier alpha value is -1.10. The second-order valence-electron chi connectivity index (χ2n) is 7.52. The van der Waals surface area contributed by atoms with Crippen molar-refractivity contribution in [3.63, 3.8) is 0 Å². The molecule has 0 amide bonds. The third-order valence-electron chi connectivity index (χ3n) is 5.47. The van der Waals surface area contributed by atoms with Crippen molar-refractivity contribution in [3.05, 3.63) is 23.8 Å². The van der Waals surface area contributed by atoms with Crippen molar-refractivity contribution in [2.45, 2.75) is 76.9 Å². The first-order valence-electron chi connectivity index (χ1n) is 10.4. The van der Waals surface area contributed by atoms with E-state index >= 15 is 0 Å². The molecule has 0 aromatic heterocycles. The molecule has 5 heteroatoms. The van der Waals surface area contributed by atoms with E-state index in [1.807, 2.05) is 0 Å². The number of hydrogen-bond donors (Lipinski definition) is 0. The van der Waals surface area contributed by atoms with Crippen LogP contribution in [0, 0.1) is 17.6 Å². The summed E-state index contributed by atoms with van der Waals surface area (Å²) in [4.78, 5) is 0. The highest BCUT2D eigenvalue weighted by molar-refractivity contribution is 6.58. The first-order chi connectivity index (χ1) is 12.7. The fourth-order valence-corrected chi connectivity index (χ4v) is 7.44. The molecule has 26 heavy (non-hydrogen) atoms. The minimum absolute atomic E-state index is 0.00115. The molecule has 0 bridgehead atoms. The van der Waals surface area contributed by atoms with Crippen molar-refractivity contribution < 1.29 is 18.3 Å². The number of ether oxygens (including phenoxy) is 2. The van der Waals surface area contributed by atoms with E-state index in [-0.39, 0.29) is 11.5 Å². The molecule has 1 saturated heterocycles. The van der Waals surface area contributed by atoms with E-state index in [2.05, 4.69) is 6.92 Å². The van der Waals surface area contributed by atoms with Crippen molar-refractivity contribution in [3.8, 4) is 11.5 Å². The molecule has 1 fully saturated rings. The van der Waals surface area contributed by atoms with E-state index in [1.54, 1.807) is 6.92 Å². The summed E-state index contributed by atoms with van der Waals surface area (Å²) in [5, 5.41) is 0. The summed E-state index contributed by atoms with van der Waals surface area (Å²) < 4.78 is 38.6. The average Bonchev–Trinajstić information content (AvgIpc) is 2.66. The van der Waals surface area contributed by atoms with Gasteiger partial charge >= 0.3 is 0 Å². The van der Waals surface area contributed by atoms with Crippen molar-refractivity contribution in [2.24, 2.45) is 5.92 Å². The van der Waals surface area contributed by atoms with Gasteiger partial charge in [0.15, 0.2) is 11.5 Å². The van der Waals surface area contributed by atoms with Gasteiger partial charge in [-0.15, -0.1) is 0 Å². The minimum Gasteiger partial charge on any atom is -0.491 e. The SMILES string of the molecule is CCCCCCC[SiH]1CCC(COc2ccc(OCC)c(F)c2F)CC1. The van der Waals surface area contributed by atoms with Crippen molar-refractivity contribution in [1.29, 1.82) is 0 Å². The summed E-state index contributed by atoms with van der Waals surface area (Å²) in [5.41, 5.74) is 0. The second kappa shape index (κ2) is 11.6. The van der Waals surface area contributed by atoms with Crippen LogP contribution in [0.2, 0.25) is 18.1 Å². The van der Waals surface area contributed by atoms with Crippen LogP contribution in [0.1, 0.15) is 58.8 Å². The minimum atomic E-state index is -0.955. The van der Waals surface area contributed by atoms with Crippen LogP contribution in [0.15, 0.2) is 12.1 Å². The van der Waals surface area contributed by atoms with Crippen LogP contribution >= 0.6 is 0 Å². The third kappa shape index (κ3) is 6.56. The first kappa shape index (κ1) is 21.2. The monoisotopic (exact) mass is 384 g/mol. The molecule has 1 aromatic carbocycles. The van der Waals surface area contributed by atoms with Gasteiger partial charge in [-0.3, -0.25) is 0 Å². The summed E-state index contributed by atoms with van der Waals surface area (Å²) in [6.07, 6.45) is 9.25. The number of unbranched alkanes of at least 4 members (excludes halogenated alkanes) is 4. The van der Waals surface area contributed by atoms with E-state index in [1.165, 1.54) is 75.2 Å². The van der Waals surface area contributed by atoms with Crippen LogP contribution in [0.4, 0.5) is 8.78 Å². The molecular weight excluding hydrogens is 350 g/mol. The third-order valence-corrected chi connectivity index (χ3v) is 8.99. The summed E-state index contributed by atoms with van der Waals surface area (Å²) in [6.45, 7) is 4.79. The van der Waals surface area contributed by atoms with Gasteiger partial charge < -0.3 is 9.47 Å². The van der Waals surface area contributed by atoms with E-state index in [4.69, 9.17) is 9.47 Å². The van der Waals surface area contributed by atoms with Gasteiger partial charge in [-0.25, -0.2) is 0 Å². The number of benzene rings is 1. The summed E-state index contributed by atoms with van der Waals surface area (Å²) >= 11 is 0. The fraction of sp³-hybridized carbons (Fsp3) is 0.714. The first-order valence-corrected chi connectivity index (χ1v) is 12.8. The van der Waals surface area contributed by atoms with Gasteiger partial charge in [-0.05, 0) is 37.8 Å². The highest BCUT2D eigenvalue weighted by atomic mass is 28.3. The van der Waals surface area contributed by atoms with Crippen LogP contribution in [-0.4, -0.2) is 22.0 Å². The second-order valence-corrected chi connectivity index (χ2v) is 11.0. The molecule has 0 N–H and O–H groups in total. The van der Waals surface area contributed by atoms with Crippen LogP contribution < -0.4 is 9.47 Å². The van der Waals surface area contributed by atoms with Gasteiger partial charge in [0, 0.05) is 8.80 Å². The molecule has 0 aliphatic carbocycles. The molecule has 0 saturated carbocycles. The Balaban J connectivity index is 1.69. The molecule has 0 atom stereocenters. The fourth-order valence-electron chi connectivity index (χ4n) is 3.82. The maximum atomic E-state index is 14.1. The zero-order valence-corrected chi connectivity index (χ0v) is 17.5. The summed E-state index contributed by atoms with van der Waals surface area (Å²) in [6, 6.07) is 7.15. The number of halogens is 2. The van der Waals surface area contributed by atoms with Gasteiger partial charge in [0.1, 0.15) is 0 Å².